The zero-order valence-electron chi connectivity index (χ0n) is 12.3. The zero-order valence-corrected chi connectivity index (χ0v) is 13.1. The molecule has 0 bridgehead atoms. The summed E-state index contributed by atoms with van der Waals surface area (Å²) in [6.07, 6.45) is 0.927. The van der Waals surface area contributed by atoms with Gasteiger partial charge in [-0.3, -0.25) is 4.79 Å². The molecule has 1 amide bonds. The summed E-state index contributed by atoms with van der Waals surface area (Å²) in [6, 6.07) is 0. The molecule has 0 saturated heterocycles. The van der Waals surface area contributed by atoms with Crippen molar-refractivity contribution in [2.45, 2.75) is 20.3 Å². The Morgan fingerprint density at radius 1 is 1.40 bits per heavy atom. The van der Waals surface area contributed by atoms with Gasteiger partial charge in [-0.05, 0) is 13.3 Å². The first-order valence-electron chi connectivity index (χ1n) is 6.50. The van der Waals surface area contributed by atoms with Gasteiger partial charge in [0, 0.05) is 20.6 Å². The summed E-state index contributed by atoms with van der Waals surface area (Å²) in [5.74, 6) is -0.788. The Bertz CT molecular complexity index is 499. The molecule has 0 fully saturated rings. The largest absolute Gasteiger partial charge is 0.462 e. The lowest BCUT2D eigenvalue weighted by molar-refractivity contribution is 0.0533. The van der Waals surface area contributed by atoms with Crippen LogP contribution >= 0.6 is 11.3 Å². The average Bonchev–Trinajstić information content (AvgIpc) is 2.76. The van der Waals surface area contributed by atoms with Crippen molar-refractivity contribution < 1.29 is 14.3 Å². The van der Waals surface area contributed by atoms with Crippen LogP contribution in [0.3, 0.4) is 0 Å². The second-order valence-corrected chi connectivity index (χ2v) is 5.25. The molecule has 0 radical (unpaired) electrons. The number of esters is 1. The minimum Gasteiger partial charge on any atom is -0.462 e. The number of rotatable bonds is 6. The van der Waals surface area contributed by atoms with E-state index in [1.165, 1.54) is 18.4 Å². The molecule has 1 heterocycles. The number of hydrogen-bond acceptors (Lipinski definition) is 6. The van der Waals surface area contributed by atoms with Crippen LogP contribution < -0.4 is 16.0 Å². The third-order valence-corrected chi connectivity index (χ3v) is 4.05. The summed E-state index contributed by atoms with van der Waals surface area (Å²) < 4.78 is 4.97. The Morgan fingerprint density at radius 2 is 2.05 bits per heavy atom. The van der Waals surface area contributed by atoms with Crippen molar-refractivity contribution in [1.29, 1.82) is 0 Å². The molecule has 20 heavy (non-hydrogen) atoms. The van der Waals surface area contributed by atoms with Crippen LogP contribution in [0, 0.1) is 0 Å². The van der Waals surface area contributed by atoms with E-state index in [0.717, 1.165) is 13.0 Å². The van der Waals surface area contributed by atoms with Gasteiger partial charge in [0.2, 0.25) is 0 Å². The maximum absolute atomic E-state index is 12.0. The van der Waals surface area contributed by atoms with Crippen LogP contribution in [0.4, 0.5) is 10.7 Å². The predicted molar refractivity (Wildman–Crippen MR) is 81.6 cm³/mol. The molecule has 1 aromatic rings. The summed E-state index contributed by atoms with van der Waals surface area (Å²) in [5, 5.41) is 3.24. The maximum atomic E-state index is 12.0. The van der Waals surface area contributed by atoms with Gasteiger partial charge in [0.15, 0.2) is 0 Å². The number of hydrogen-bond donors (Lipinski definition) is 2. The summed E-state index contributed by atoms with van der Waals surface area (Å²) in [5.41, 5.74) is 6.50. The number of nitrogens with one attached hydrogen (secondary N) is 1. The highest BCUT2D eigenvalue weighted by atomic mass is 32.1. The van der Waals surface area contributed by atoms with Gasteiger partial charge in [-0.25, -0.2) is 4.79 Å². The highest BCUT2D eigenvalue weighted by Gasteiger charge is 2.27. The number of nitrogens with zero attached hydrogens (tertiary/aromatic N) is 1. The summed E-state index contributed by atoms with van der Waals surface area (Å²) in [4.78, 5) is 26.1. The minimum atomic E-state index is -0.490. The van der Waals surface area contributed by atoms with E-state index in [1.807, 2.05) is 18.9 Å². The Kier molecular flexibility index (Phi) is 5.82. The number of nitrogens with two attached hydrogens (primary N) is 1. The lowest BCUT2D eigenvalue weighted by Gasteiger charge is -2.17. The van der Waals surface area contributed by atoms with Crippen LogP contribution in [0.25, 0.3) is 0 Å². The number of anilines is 2. The molecule has 1 rings (SSSR count). The molecule has 3 N–H and O–H groups in total. The lowest BCUT2D eigenvalue weighted by Crippen LogP contribution is -2.24. The molecule has 0 saturated carbocycles. The standard InChI is InChI=1S/C13H21N3O3S/c1-5-7-16(4)12-8(11(17)15-3)9(14)10(20-12)13(18)19-6-2/h5-7,14H2,1-4H3,(H,15,17). The maximum Gasteiger partial charge on any atom is 0.350 e. The lowest BCUT2D eigenvalue weighted by atomic mass is 10.2. The molecule has 0 aromatic carbocycles. The van der Waals surface area contributed by atoms with Crippen LogP contribution in [0.1, 0.15) is 40.3 Å². The van der Waals surface area contributed by atoms with E-state index in [-0.39, 0.29) is 23.1 Å². The molecule has 0 aliphatic rings. The highest BCUT2D eigenvalue weighted by molar-refractivity contribution is 7.19. The molecule has 0 aliphatic carbocycles. The third-order valence-electron chi connectivity index (χ3n) is 2.75. The van der Waals surface area contributed by atoms with Gasteiger partial charge in [-0.1, -0.05) is 6.92 Å². The number of amides is 1. The fourth-order valence-corrected chi connectivity index (χ4v) is 2.93. The van der Waals surface area contributed by atoms with Crippen molar-refractivity contribution in [3.63, 3.8) is 0 Å². The Morgan fingerprint density at radius 3 is 2.55 bits per heavy atom. The minimum absolute atomic E-state index is 0.186. The van der Waals surface area contributed by atoms with Gasteiger partial charge < -0.3 is 20.7 Å². The number of thiophene rings is 1. The Labute approximate surface area is 122 Å². The predicted octanol–water partition coefficient (Wildman–Crippen LogP) is 1.71. The van der Waals surface area contributed by atoms with E-state index >= 15 is 0 Å². The first kappa shape index (κ1) is 16.3. The zero-order chi connectivity index (χ0) is 15.3. The number of ether oxygens (including phenoxy) is 1. The van der Waals surface area contributed by atoms with Crippen LogP contribution in [0.2, 0.25) is 0 Å². The molecule has 0 aliphatic heterocycles. The fraction of sp³-hybridized carbons (Fsp3) is 0.538. The normalized spacial score (nSPS) is 10.2. The van der Waals surface area contributed by atoms with Crippen molar-refractivity contribution in [1.82, 2.24) is 5.32 Å². The summed E-state index contributed by atoms with van der Waals surface area (Å²) in [6.45, 7) is 4.81. The smallest absolute Gasteiger partial charge is 0.350 e. The van der Waals surface area contributed by atoms with Crippen molar-refractivity contribution in [2.24, 2.45) is 0 Å². The van der Waals surface area contributed by atoms with Gasteiger partial charge in [0.05, 0.1) is 17.9 Å². The SMILES string of the molecule is CCCN(C)c1sc(C(=O)OCC)c(N)c1C(=O)NC. The average molecular weight is 299 g/mol. The first-order valence-corrected chi connectivity index (χ1v) is 7.32. The van der Waals surface area contributed by atoms with Crippen molar-refractivity contribution in [2.75, 3.05) is 37.9 Å². The number of nitrogen functional groups attached to an aromatic ring is 1. The van der Waals surface area contributed by atoms with Crippen LogP contribution in [-0.4, -0.2) is 39.1 Å². The van der Waals surface area contributed by atoms with Crippen molar-refractivity contribution >= 4 is 33.9 Å². The van der Waals surface area contributed by atoms with Crippen LogP contribution in [0.15, 0.2) is 0 Å². The molecular formula is C13H21N3O3S. The van der Waals surface area contributed by atoms with E-state index in [4.69, 9.17) is 10.5 Å². The van der Waals surface area contributed by atoms with Gasteiger partial charge in [-0.15, -0.1) is 11.3 Å². The summed E-state index contributed by atoms with van der Waals surface area (Å²) in [7, 11) is 3.41. The summed E-state index contributed by atoms with van der Waals surface area (Å²) >= 11 is 1.19. The van der Waals surface area contributed by atoms with Gasteiger partial charge in [0.1, 0.15) is 9.88 Å². The Hall–Kier alpha value is -1.76. The second-order valence-electron chi connectivity index (χ2n) is 4.25. The molecule has 112 valence electrons. The quantitative estimate of drug-likeness (QED) is 0.781. The Balaban J connectivity index is 3.30. The molecule has 0 atom stereocenters. The second kappa shape index (κ2) is 7.14. The third kappa shape index (κ3) is 3.22. The fourth-order valence-electron chi connectivity index (χ4n) is 1.83. The molecule has 0 unspecified atom stereocenters. The van der Waals surface area contributed by atoms with E-state index in [2.05, 4.69) is 5.32 Å². The topological polar surface area (TPSA) is 84.7 Å². The van der Waals surface area contributed by atoms with Crippen LogP contribution in [0.5, 0.6) is 0 Å². The van der Waals surface area contributed by atoms with Gasteiger partial charge in [0.25, 0.3) is 5.91 Å². The molecule has 1 aromatic heterocycles. The molecule has 7 heteroatoms. The highest BCUT2D eigenvalue weighted by Crippen LogP contribution is 2.38. The monoisotopic (exact) mass is 299 g/mol. The first-order chi connectivity index (χ1) is 9.47. The molecule has 0 spiro atoms. The number of carbonyl (C=O) groups excluding carboxylic acids is 2. The van der Waals surface area contributed by atoms with Gasteiger partial charge >= 0.3 is 5.97 Å². The van der Waals surface area contributed by atoms with E-state index in [9.17, 15) is 9.59 Å². The number of carbonyl (C=O) groups is 2. The van der Waals surface area contributed by atoms with E-state index in [1.54, 1.807) is 6.92 Å². The molecule has 6 nitrogen and oxygen atoms in total. The van der Waals surface area contributed by atoms with E-state index < -0.39 is 5.97 Å². The molecular weight excluding hydrogens is 278 g/mol. The van der Waals surface area contributed by atoms with Crippen molar-refractivity contribution in [3.05, 3.63) is 10.4 Å². The van der Waals surface area contributed by atoms with Crippen LogP contribution in [-0.2, 0) is 4.74 Å². The van der Waals surface area contributed by atoms with Gasteiger partial charge in [-0.2, -0.15) is 0 Å². The van der Waals surface area contributed by atoms with E-state index in [0.29, 0.717) is 10.6 Å². The van der Waals surface area contributed by atoms with Crippen molar-refractivity contribution in [3.8, 4) is 0 Å².